The first-order valence-corrected chi connectivity index (χ1v) is 29.0. The number of aromatic nitrogens is 2. The van der Waals surface area contributed by atoms with E-state index in [9.17, 15) is 0 Å². The van der Waals surface area contributed by atoms with Gasteiger partial charge in [-0.15, -0.1) is 0 Å². The lowest BCUT2D eigenvalue weighted by atomic mass is 9.33. The quantitative estimate of drug-likeness (QED) is 0.149. The standard InChI is InChI=1S/C78H49BN4O/c1-5-24-50(25-6-1)55-32-13-18-39-66(55)82-72-47-62-60-35-16-21-42-69(60)80(53-30-11-4-12-31-53)70(62)49-65(72)79-64-45-44-54(81-67-40-19-14-33-58(67)59-34-15-20-41-68(59)81)46-71(64)83(77-75(79)73(82)48-63-61-36-17-22-43-74(61)84-78(63)77)76-56(51-26-7-2-8-27-51)37-23-38-57(76)52-28-9-3-10-29-52/h1-49H. The molecule has 0 saturated carbocycles. The summed E-state index contributed by atoms with van der Waals surface area (Å²) >= 11 is 0. The SMILES string of the molecule is c1ccc(-c2ccccc2N2c3cc4c5ccccc5n(-c5ccccc5)c4cc3B3c4ccc(-n5c6ccccc6c6ccccc65)cc4N(c4c(-c5ccccc5)cccc4-c4ccccc4)c4c3c2cc2c4oc3ccccc32)cc1. The van der Waals surface area contributed by atoms with Gasteiger partial charge in [0.15, 0.2) is 5.58 Å². The van der Waals surface area contributed by atoms with Crippen LogP contribution in [0.4, 0.5) is 34.1 Å². The van der Waals surface area contributed by atoms with Crippen molar-refractivity contribution >= 4 is 123 Å². The van der Waals surface area contributed by atoms with E-state index in [-0.39, 0.29) is 6.71 Å². The average Bonchev–Trinajstić information content (AvgIpc) is 1.15. The topological polar surface area (TPSA) is 29.5 Å². The van der Waals surface area contributed by atoms with E-state index in [1.54, 1.807) is 0 Å². The highest BCUT2D eigenvalue weighted by Gasteiger charge is 2.47. The van der Waals surface area contributed by atoms with Crippen LogP contribution in [0.15, 0.2) is 302 Å². The van der Waals surface area contributed by atoms with E-state index in [0.717, 1.165) is 123 Å². The summed E-state index contributed by atoms with van der Waals surface area (Å²) in [6.45, 7) is -0.267. The zero-order chi connectivity index (χ0) is 55.0. The van der Waals surface area contributed by atoms with E-state index < -0.39 is 0 Å². The van der Waals surface area contributed by atoms with Crippen LogP contribution in [0.3, 0.4) is 0 Å². The second kappa shape index (κ2) is 18.2. The van der Waals surface area contributed by atoms with E-state index in [1.807, 2.05) is 0 Å². The summed E-state index contributed by atoms with van der Waals surface area (Å²) in [5, 5.41) is 6.95. The van der Waals surface area contributed by atoms with Crippen LogP contribution in [-0.4, -0.2) is 15.8 Å². The summed E-state index contributed by atoms with van der Waals surface area (Å²) in [6, 6.07) is 109. The molecular weight excluding hydrogens is 1020 g/mol. The number of benzene rings is 13. The zero-order valence-corrected chi connectivity index (χ0v) is 45.6. The fourth-order valence-electron chi connectivity index (χ4n) is 14.4. The molecule has 0 aliphatic carbocycles. The third kappa shape index (κ3) is 6.73. The first kappa shape index (κ1) is 46.7. The van der Waals surface area contributed by atoms with Gasteiger partial charge in [0.05, 0.1) is 39.1 Å². The number of anilines is 6. The molecule has 2 aliphatic heterocycles. The maximum absolute atomic E-state index is 7.54. The van der Waals surface area contributed by atoms with E-state index in [4.69, 9.17) is 4.42 Å². The maximum atomic E-state index is 7.54. The summed E-state index contributed by atoms with van der Waals surface area (Å²) < 4.78 is 12.5. The molecule has 6 heteroatoms. The Labute approximate surface area is 485 Å². The number of rotatable bonds is 7. The number of para-hydroxylation sites is 7. The van der Waals surface area contributed by atoms with Gasteiger partial charge in [-0.05, 0) is 106 Å². The van der Waals surface area contributed by atoms with E-state index in [2.05, 4.69) is 316 Å². The highest BCUT2D eigenvalue weighted by molar-refractivity contribution is 7.00. The summed E-state index contributed by atoms with van der Waals surface area (Å²) in [7, 11) is 0. The van der Waals surface area contributed by atoms with Gasteiger partial charge >= 0.3 is 0 Å². The molecule has 13 aromatic carbocycles. The minimum atomic E-state index is -0.267. The van der Waals surface area contributed by atoms with Crippen molar-refractivity contribution in [2.75, 3.05) is 9.80 Å². The van der Waals surface area contributed by atoms with Crippen LogP contribution in [0.2, 0.25) is 0 Å². The monoisotopic (exact) mass is 1070 g/mol. The molecule has 0 fully saturated rings. The van der Waals surface area contributed by atoms with Crippen molar-refractivity contribution in [1.29, 1.82) is 0 Å². The van der Waals surface area contributed by atoms with Crippen molar-refractivity contribution in [3.05, 3.63) is 297 Å². The Bertz CT molecular complexity index is 5220. The lowest BCUT2D eigenvalue weighted by Crippen LogP contribution is -2.61. The van der Waals surface area contributed by atoms with Crippen LogP contribution in [0.25, 0.3) is 110 Å². The summed E-state index contributed by atoms with van der Waals surface area (Å²) in [5.41, 5.74) is 25.4. The van der Waals surface area contributed by atoms with Crippen molar-refractivity contribution in [2.24, 2.45) is 0 Å². The molecule has 0 unspecified atom stereocenters. The normalized spacial score (nSPS) is 12.7. The van der Waals surface area contributed by atoms with Gasteiger partial charge in [-0.1, -0.05) is 224 Å². The van der Waals surface area contributed by atoms with Crippen LogP contribution in [0.5, 0.6) is 0 Å². The van der Waals surface area contributed by atoms with Gasteiger partial charge in [0, 0.05) is 77.4 Å². The third-order valence-electron chi connectivity index (χ3n) is 17.9. The molecule has 18 rings (SSSR count). The predicted molar refractivity (Wildman–Crippen MR) is 353 cm³/mol. The zero-order valence-electron chi connectivity index (χ0n) is 45.6. The van der Waals surface area contributed by atoms with Gasteiger partial charge in [0.1, 0.15) is 5.58 Å². The van der Waals surface area contributed by atoms with Gasteiger partial charge in [-0.25, -0.2) is 0 Å². The van der Waals surface area contributed by atoms with Gasteiger partial charge in [-0.2, -0.15) is 0 Å². The average molecular weight is 1070 g/mol. The molecule has 16 aromatic rings. The van der Waals surface area contributed by atoms with Crippen LogP contribution < -0.4 is 26.2 Å². The number of nitrogens with zero attached hydrogens (tertiary/aromatic N) is 4. The van der Waals surface area contributed by atoms with Gasteiger partial charge in [0.2, 0.25) is 0 Å². The molecule has 0 spiro atoms. The highest BCUT2D eigenvalue weighted by atomic mass is 16.3. The summed E-state index contributed by atoms with van der Waals surface area (Å²) in [4.78, 5) is 5.21. The summed E-state index contributed by atoms with van der Waals surface area (Å²) in [6.07, 6.45) is 0. The van der Waals surface area contributed by atoms with Crippen LogP contribution >= 0.6 is 0 Å². The van der Waals surface area contributed by atoms with Crippen molar-refractivity contribution in [3.8, 4) is 44.8 Å². The Morgan fingerprint density at radius 3 is 1.40 bits per heavy atom. The molecule has 5 nitrogen and oxygen atoms in total. The first-order chi connectivity index (χ1) is 41.7. The van der Waals surface area contributed by atoms with E-state index in [0.29, 0.717) is 0 Å². The number of furan rings is 1. The van der Waals surface area contributed by atoms with Crippen LogP contribution in [0.1, 0.15) is 0 Å². The molecule has 84 heavy (non-hydrogen) atoms. The Hall–Kier alpha value is -11.1. The third-order valence-corrected chi connectivity index (χ3v) is 17.9. The van der Waals surface area contributed by atoms with Crippen molar-refractivity contribution in [2.45, 2.75) is 0 Å². The fourth-order valence-corrected chi connectivity index (χ4v) is 14.4. The second-order valence-electron chi connectivity index (χ2n) is 22.3. The molecular formula is C78H49BN4O. The smallest absolute Gasteiger partial charge is 0.252 e. The van der Waals surface area contributed by atoms with Crippen molar-refractivity contribution < 1.29 is 4.42 Å². The molecule has 5 heterocycles. The Morgan fingerprint density at radius 1 is 0.274 bits per heavy atom. The molecule has 0 atom stereocenters. The minimum absolute atomic E-state index is 0.267. The van der Waals surface area contributed by atoms with Gasteiger partial charge in [-0.3, -0.25) is 0 Å². The number of hydrogen-bond acceptors (Lipinski definition) is 3. The molecule has 2 aliphatic rings. The molecule has 390 valence electrons. The van der Waals surface area contributed by atoms with Crippen molar-refractivity contribution in [1.82, 2.24) is 9.13 Å². The van der Waals surface area contributed by atoms with Crippen LogP contribution in [0, 0.1) is 0 Å². The van der Waals surface area contributed by atoms with E-state index >= 15 is 0 Å². The van der Waals surface area contributed by atoms with Crippen LogP contribution in [-0.2, 0) is 0 Å². The molecule has 0 radical (unpaired) electrons. The highest BCUT2D eigenvalue weighted by Crippen LogP contribution is 2.55. The first-order valence-electron chi connectivity index (χ1n) is 29.0. The molecule has 0 saturated heterocycles. The molecule has 0 bridgehead atoms. The molecule has 3 aromatic heterocycles. The van der Waals surface area contributed by atoms with Gasteiger partial charge < -0.3 is 23.4 Å². The molecule has 0 N–H and O–H groups in total. The van der Waals surface area contributed by atoms with E-state index in [1.165, 1.54) is 37.9 Å². The maximum Gasteiger partial charge on any atom is 0.252 e. The predicted octanol–water partition coefficient (Wildman–Crippen LogP) is 18.9. The lowest BCUT2D eigenvalue weighted by molar-refractivity contribution is 0.669. The van der Waals surface area contributed by atoms with Crippen molar-refractivity contribution in [3.63, 3.8) is 0 Å². The Morgan fingerprint density at radius 2 is 0.762 bits per heavy atom. The Kier molecular flexibility index (Phi) is 10.1. The minimum Gasteiger partial charge on any atom is -0.454 e. The lowest BCUT2D eigenvalue weighted by Gasteiger charge is -2.45. The second-order valence-corrected chi connectivity index (χ2v) is 22.3. The molecule has 0 amide bonds. The van der Waals surface area contributed by atoms with Gasteiger partial charge in [0.25, 0.3) is 6.71 Å². The number of hydrogen-bond donors (Lipinski definition) is 0. The largest absolute Gasteiger partial charge is 0.454 e. The number of fused-ring (bicyclic) bond motifs is 14. The fraction of sp³-hybridized carbons (Fsp3) is 0. The summed E-state index contributed by atoms with van der Waals surface area (Å²) in [5.74, 6) is 0. The Balaban J connectivity index is 1.05.